The minimum Gasteiger partial charge on any atom is -0.352 e. The summed E-state index contributed by atoms with van der Waals surface area (Å²) in [4.78, 5) is 12.1. The highest BCUT2D eigenvalue weighted by molar-refractivity contribution is 7.89. The Kier molecular flexibility index (Phi) is 5.52. The molecule has 1 aromatic rings. The van der Waals surface area contributed by atoms with Gasteiger partial charge in [-0.25, -0.2) is 12.7 Å². The largest absolute Gasteiger partial charge is 0.352 e. The lowest BCUT2D eigenvalue weighted by molar-refractivity contribution is -0.122. The second-order valence-electron chi connectivity index (χ2n) is 5.32. The van der Waals surface area contributed by atoms with Gasteiger partial charge in [0.2, 0.25) is 15.9 Å². The zero-order valence-corrected chi connectivity index (χ0v) is 14.3. The molecule has 1 N–H and O–H groups in total. The van der Waals surface area contributed by atoms with Gasteiger partial charge in [0.05, 0.1) is 11.4 Å². The fourth-order valence-corrected chi connectivity index (χ4v) is 3.21. The van der Waals surface area contributed by atoms with Gasteiger partial charge in [-0.15, -0.1) is 0 Å². The van der Waals surface area contributed by atoms with Crippen LogP contribution in [0.1, 0.15) is 31.7 Å². The molecule has 0 fully saturated rings. The number of aryl methyl sites for hydroxylation is 1. The lowest BCUT2D eigenvalue weighted by Gasteiger charge is -2.13. The Balaban J connectivity index is 3.07. The first-order valence-corrected chi connectivity index (χ1v) is 8.31. The smallest absolute Gasteiger partial charge is 0.246 e. The van der Waals surface area contributed by atoms with E-state index in [1.54, 1.807) is 13.8 Å². The van der Waals surface area contributed by atoms with Gasteiger partial charge in [-0.1, -0.05) is 6.92 Å². The monoisotopic (exact) mass is 316 g/mol. The van der Waals surface area contributed by atoms with E-state index in [9.17, 15) is 13.2 Å². The number of aromatic nitrogens is 2. The predicted octanol–water partition coefficient (Wildman–Crippen LogP) is 0.665. The molecule has 1 heterocycles. The average Bonchev–Trinajstić information content (AvgIpc) is 2.64. The minimum atomic E-state index is -3.56. The number of nitrogens with one attached hydrogen (secondary N) is 1. The zero-order valence-electron chi connectivity index (χ0n) is 13.5. The van der Waals surface area contributed by atoms with Gasteiger partial charge in [0.15, 0.2) is 0 Å². The van der Waals surface area contributed by atoms with E-state index in [1.807, 2.05) is 13.8 Å². The summed E-state index contributed by atoms with van der Waals surface area (Å²) in [5.74, 6) is -0.177. The van der Waals surface area contributed by atoms with Gasteiger partial charge >= 0.3 is 0 Å². The van der Waals surface area contributed by atoms with Crippen molar-refractivity contribution in [2.24, 2.45) is 0 Å². The van der Waals surface area contributed by atoms with Gasteiger partial charge in [0, 0.05) is 20.1 Å². The number of carbonyl (C=O) groups is 1. The summed E-state index contributed by atoms with van der Waals surface area (Å²) in [6, 6.07) is 0.0828. The van der Waals surface area contributed by atoms with Crippen molar-refractivity contribution in [2.45, 2.75) is 51.6 Å². The maximum Gasteiger partial charge on any atom is 0.246 e. The Morgan fingerprint density at radius 2 is 1.95 bits per heavy atom. The van der Waals surface area contributed by atoms with Crippen LogP contribution in [0.4, 0.5) is 0 Å². The van der Waals surface area contributed by atoms with Crippen LogP contribution in [0, 0.1) is 13.8 Å². The highest BCUT2D eigenvalue weighted by Crippen LogP contribution is 2.21. The molecule has 0 aliphatic rings. The molecule has 0 radical (unpaired) electrons. The number of rotatable bonds is 6. The lowest BCUT2D eigenvalue weighted by atomic mass is 10.2. The fraction of sp³-hybridized carbons (Fsp3) is 0.692. The van der Waals surface area contributed by atoms with Crippen molar-refractivity contribution in [1.29, 1.82) is 0 Å². The normalized spacial score (nSPS) is 13.5. The van der Waals surface area contributed by atoms with Crippen molar-refractivity contribution in [3.05, 3.63) is 11.4 Å². The molecule has 8 heteroatoms. The zero-order chi connectivity index (χ0) is 16.4. The number of sulfonamides is 1. The molecule has 1 amide bonds. The summed E-state index contributed by atoms with van der Waals surface area (Å²) >= 11 is 0. The predicted molar refractivity (Wildman–Crippen MR) is 80.5 cm³/mol. The number of hydrogen-bond acceptors (Lipinski definition) is 4. The van der Waals surface area contributed by atoms with E-state index in [1.165, 1.54) is 18.8 Å². The molecule has 0 aliphatic heterocycles. The Hall–Kier alpha value is -1.41. The molecule has 1 atom stereocenters. The van der Waals surface area contributed by atoms with E-state index in [2.05, 4.69) is 10.4 Å². The summed E-state index contributed by atoms with van der Waals surface area (Å²) in [5, 5.41) is 7.02. The maximum atomic E-state index is 12.3. The van der Waals surface area contributed by atoms with Crippen LogP contribution in [0.25, 0.3) is 0 Å². The highest BCUT2D eigenvalue weighted by atomic mass is 32.2. The quantitative estimate of drug-likeness (QED) is 0.836. The standard InChI is InChI=1S/C13H24N4O3S/c1-7-9(2)14-12(18)8-17-11(4)13(10(3)15-17)21(19,20)16(5)6/h9H,7-8H2,1-6H3,(H,14,18)/t9-/m1/s1. The Morgan fingerprint density at radius 1 is 1.38 bits per heavy atom. The molecule has 21 heavy (non-hydrogen) atoms. The van der Waals surface area contributed by atoms with E-state index in [0.717, 1.165) is 10.7 Å². The van der Waals surface area contributed by atoms with E-state index < -0.39 is 10.0 Å². The third-order valence-electron chi connectivity index (χ3n) is 3.37. The molecule has 0 aliphatic carbocycles. The summed E-state index contributed by atoms with van der Waals surface area (Å²) in [7, 11) is -0.616. The van der Waals surface area contributed by atoms with Crippen LogP contribution in [-0.4, -0.2) is 48.5 Å². The van der Waals surface area contributed by atoms with E-state index in [-0.39, 0.29) is 23.4 Å². The first kappa shape index (κ1) is 17.6. The number of hydrogen-bond donors (Lipinski definition) is 1. The second-order valence-corrected chi connectivity index (χ2v) is 7.41. The molecule has 0 bridgehead atoms. The highest BCUT2D eigenvalue weighted by Gasteiger charge is 2.27. The van der Waals surface area contributed by atoms with Crippen LogP contribution in [0.15, 0.2) is 4.90 Å². The van der Waals surface area contributed by atoms with Gasteiger partial charge in [0.1, 0.15) is 11.4 Å². The van der Waals surface area contributed by atoms with Crippen molar-refractivity contribution in [2.75, 3.05) is 14.1 Å². The molecule has 1 aromatic heterocycles. The summed E-state index contributed by atoms with van der Waals surface area (Å²) in [5.41, 5.74) is 0.873. The molecule has 7 nitrogen and oxygen atoms in total. The van der Waals surface area contributed by atoms with E-state index in [0.29, 0.717) is 11.4 Å². The van der Waals surface area contributed by atoms with E-state index >= 15 is 0 Å². The average molecular weight is 316 g/mol. The number of amides is 1. The first-order chi connectivity index (χ1) is 9.61. The topological polar surface area (TPSA) is 84.3 Å². The number of carbonyl (C=O) groups excluding carboxylic acids is 1. The third-order valence-corrected chi connectivity index (χ3v) is 5.44. The SMILES string of the molecule is CC[C@@H](C)NC(=O)Cn1nc(C)c(S(=O)(=O)N(C)C)c1C. The summed E-state index contributed by atoms with van der Waals surface area (Å²) < 4.78 is 27.1. The van der Waals surface area contributed by atoms with Crippen molar-refractivity contribution in [1.82, 2.24) is 19.4 Å². The molecule has 0 spiro atoms. The summed E-state index contributed by atoms with van der Waals surface area (Å²) in [6.07, 6.45) is 0.836. The second kappa shape index (κ2) is 6.57. The van der Waals surface area contributed by atoms with Crippen molar-refractivity contribution in [3.8, 4) is 0 Å². The Labute approximate surface area is 126 Å². The van der Waals surface area contributed by atoms with Crippen molar-refractivity contribution < 1.29 is 13.2 Å². The van der Waals surface area contributed by atoms with Crippen molar-refractivity contribution >= 4 is 15.9 Å². The van der Waals surface area contributed by atoms with E-state index in [4.69, 9.17) is 0 Å². The fourth-order valence-electron chi connectivity index (χ4n) is 1.95. The van der Waals surface area contributed by atoms with Gasteiger partial charge in [-0.05, 0) is 27.2 Å². The van der Waals surface area contributed by atoms with Crippen LogP contribution in [-0.2, 0) is 21.4 Å². The van der Waals surface area contributed by atoms with Crippen molar-refractivity contribution in [3.63, 3.8) is 0 Å². The Bertz CT molecular complexity index is 620. The first-order valence-electron chi connectivity index (χ1n) is 6.87. The van der Waals surface area contributed by atoms with Crippen LogP contribution >= 0.6 is 0 Å². The number of nitrogens with zero attached hydrogens (tertiary/aromatic N) is 3. The molecular formula is C13H24N4O3S. The van der Waals surface area contributed by atoms with Gasteiger partial charge in [-0.2, -0.15) is 5.10 Å². The summed E-state index contributed by atoms with van der Waals surface area (Å²) in [6.45, 7) is 7.20. The third kappa shape index (κ3) is 3.82. The van der Waals surface area contributed by atoms with Crippen LogP contribution in [0.3, 0.4) is 0 Å². The van der Waals surface area contributed by atoms with Crippen LogP contribution in [0.5, 0.6) is 0 Å². The molecule has 0 unspecified atom stereocenters. The minimum absolute atomic E-state index is 0.0139. The Morgan fingerprint density at radius 3 is 2.43 bits per heavy atom. The molecular weight excluding hydrogens is 292 g/mol. The molecule has 120 valence electrons. The van der Waals surface area contributed by atoms with Crippen LogP contribution < -0.4 is 5.32 Å². The maximum absolute atomic E-state index is 12.3. The van der Waals surface area contributed by atoms with Gasteiger partial charge in [-0.3, -0.25) is 9.48 Å². The molecule has 0 aromatic carbocycles. The lowest BCUT2D eigenvalue weighted by Crippen LogP contribution is -2.35. The molecule has 0 saturated heterocycles. The van der Waals surface area contributed by atoms with Crippen LogP contribution in [0.2, 0.25) is 0 Å². The molecule has 1 rings (SSSR count). The van der Waals surface area contributed by atoms with Gasteiger partial charge in [0.25, 0.3) is 0 Å². The van der Waals surface area contributed by atoms with Gasteiger partial charge < -0.3 is 5.32 Å². The molecule has 0 saturated carbocycles.